The number of nitrogens with one attached hydrogen (secondary N) is 1. The lowest BCUT2D eigenvalue weighted by molar-refractivity contribution is -0.131. The highest BCUT2D eigenvalue weighted by Gasteiger charge is 1.97. The molecule has 0 aliphatic carbocycles. The fraction of sp³-hybridized carbons (Fsp3) is 0. The van der Waals surface area contributed by atoms with Gasteiger partial charge in [0.25, 0.3) is 0 Å². The molecule has 0 aliphatic heterocycles. The Morgan fingerprint density at radius 2 is 2.07 bits per heavy atom. The van der Waals surface area contributed by atoms with Crippen LogP contribution in [0.4, 0.5) is 5.69 Å². The number of anilines is 1. The smallest absolute Gasteiger partial charge is 0.329 e. The molecule has 0 amide bonds. The largest absolute Gasteiger partial charge is 0.478 e. The van der Waals surface area contributed by atoms with Crippen LogP contribution in [0.5, 0.6) is 0 Å². The molecule has 0 unspecified atom stereocenters. The molecule has 0 fully saturated rings. The Hall–Kier alpha value is -1.19. The monoisotopic (exact) mass is 231 g/mol. The summed E-state index contributed by atoms with van der Waals surface area (Å²) in [6.07, 6.45) is 2.30. The van der Waals surface area contributed by atoms with Gasteiger partial charge in [-0.3, -0.25) is 0 Å². The summed E-state index contributed by atoms with van der Waals surface area (Å²) in [5, 5.41) is 11.9. The molecule has 3 nitrogen and oxygen atoms in total. The van der Waals surface area contributed by atoms with Crippen LogP contribution < -0.4 is 5.32 Å². The van der Waals surface area contributed by atoms with Gasteiger partial charge < -0.3 is 10.4 Å². The Kier molecular flexibility index (Phi) is 3.80. The highest BCUT2D eigenvalue weighted by molar-refractivity contribution is 6.42. The molecule has 0 aromatic heterocycles. The zero-order chi connectivity index (χ0) is 10.6. The molecule has 0 radical (unpaired) electrons. The fourth-order valence-electron chi connectivity index (χ4n) is 0.795. The first kappa shape index (κ1) is 10.9. The molecule has 0 bridgehead atoms. The van der Waals surface area contributed by atoms with E-state index in [9.17, 15) is 4.79 Å². The van der Waals surface area contributed by atoms with Crippen molar-refractivity contribution in [3.8, 4) is 0 Å². The van der Waals surface area contributed by atoms with Crippen LogP contribution >= 0.6 is 23.2 Å². The predicted molar refractivity (Wildman–Crippen MR) is 56.9 cm³/mol. The van der Waals surface area contributed by atoms with E-state index in [1.165, 1.54) is 6.20 Å². The maximum absolute atomic E-state index is 10.1. The third-order valence-corrected chi connectivity index (χ3v) is 2.13. The van der Waals surface area contributed by atoms with Crippen molar-refractivity contribution in [2.45, 2.75) is 0 Å². The van der Waals surface area contributed by atoms with Gasteiger partial charge >= 0.3 is 5.97 Å². The van der Waals surface area contributed by atoms with E-state index in [0.717, 1.165) is 6.08 Å². The Bertz CT molecular complexity index is 377. The molecule has 0 aliphatic rings. The average molecular weight is 232 g/mol. The van der Waals surface area contributed by atoms with E-state index < -0.39 is 5.97 Å². The van der Waals surface area contributed by atoms with Gasteiger partial charge in [0.1, 0.15) is 0 Å². The molecule has 1 rings (SSSR count). The molecule has 0 heterocycles. The summed E-state index contributed by atoms with van der Waals surface area (Å²) in [4.78, 5) is 10.1. The van der Waals surface area contributed by atoms with E-state index in [0.29, 0.717) is 15.7 Å². The van der Waals surface area contributed by atoms with Crippen molar-refractivity contribution in [2.75, 3.05) is 5.32 Å². The van der Waals surface area contributed by atoms with Crippen molar-refractivity contribution in [2.24, 2.45) is 0 Å². The van der Waals surface area contributed by atoms with Gasteiger partial charge in [0.2, 0.25) is 0 Å². The summed E-state index contributed by atoms with van der Waals surface area (Å²) >= 11 is 11.4. The molecular formula is C9H7Cl2NO2. The van der Waals surface area contributed by atoms with Gasteiger partial charge in [-0.25, -0.2) is 4.79 Å². The van der Waals surface area contributed by atoms with Crippen molar-refractivity contribution in [3.05, 3.63) is 40.5 Å². The summed E-state index contributed by atoms with van der Waals surface area (Å²) in [6, 6.07) is 4.93. The number of carboxylic acids is 1. The van der Waals surface area contributed by atoms with E-state index in [2.05, 4.69) is 5.32 Å². The first-order valence-electron chi connectivity index (χ1n) is 3.70. The molecule has 0 atom stereocenters. The zero-order valence-corrected chi connectivity index (χ0v) is 8.51. The lowest BCUT2D eigenvalue weighted by atomic mass is 10.3. The minimum atomic E-state index is -1.02. The lowest BCUT2D eigenvalue weighted by Gasteiger charge is -2.01. The first-order valence-corrected chi connectivity index (χ1v) is 4.46. The second kappa shape index (κ2) is 4.88. The minimum absolute atomic E-state index is 0.417. The third kappa shape index (κ3) is 3.28. The molecule has 0 saturated carbocycles. The third-order valence-electron chi connectivity index (χ3n) is 1.40. The van der Waals surface area contributed by atoms with Crippen LogP contribution in [0.3, 0.4) is 0 Å². The van der Waals surface area contributed by atoms with Crippen LogP contribution in [0.15, 0.2) is 30.5 Å². The number of carbonyl (C=O) groups is 1. The zero-order valence-electron chi connectivity index (χ0n) is 7.00. The topological polar surface area (TPSA) is 49.3 Å². The maximum Gasteiger partial charge on any atom is 0.329 e. The molecule has 5 heteroatoms. The summed E-state index contributed by atoms with van der Waals surface area (Å²) in [5.74, 6) is -1.02. The second-order valence-electron chi connectivity index (χ2n) is 2.44. The van der Waals surface area contributed by atoms with Crippen LogP contribution in [0.1, 0.15) is 0 Å². The van der Waals surface area contributed by atoms with E-state index in [1.807, 2.05) is 0 Å². The first-order chi connectivity index (χ1) is 6.59. The van der Waals surface area contributed by atoms with Crippen LogP contribution in [-0.2, 0) is 4.79 Å². The lowest BCUT2D eigenvalue weighted by Crippen LogP contribution is -1.92. The van der Waals surface area contributed by atoms with Gasteiger partial charge in [0, 0.05) is 18.0 Å². The number of halogens is 2. The summed E-state index contributed by atoms with van der Waals surface area (Å²) in [7, 11) is 0. The molecule has 1 aromatic rings. The van der Waals surface area contributed by atoms with Crippen LogP contribution in [-0.4, -0.2) is 11.1 Å². The Balaban J connectivity index is 2.69. The van der Waals surface area contributed by atoms with Crippen LogP contribution in [0.25, 0.3) is 0 Å². The average Bonchev–Trinajstić information content (AvgIpc) is 2.10. The number of hydrogen-bond acceptors (Lipinski definition) is 2. The molecular weight excluding hydrogens is 225 g/mol. The maximum atomic E-state index is 10.1. The van der Waals surface area contributed by atoms with Crippen molar-refractivity contribution in [3.63, 3.8) is 0 Å². The van der Waals surface area contributed by atoms with Gasteiger partial charge in [-0.1, -0.05) is 23.2 Å². The van der Waals surface area contributed by atoms with Gasteiger partial charge in [-0.2, -0.15) is 0 Å². The molecule has 0 spiro atoms. The number of carboxylic acid groups (broad SMARTS) is 1. The Morgan fingerprint density at radius 1 is 1.36 bits per heavy atom. The Labute approximate surface area is 90.9 Å². The normalized spacial score (nSPS) is 10.4. The second-order valence-corrected chi connectivity index (χ2v) is 3.26. The number of benzene rings is 1. The predicted octanol–water partition coefficient (Wildman–Crippen LogP) is 3.00. The molecule has 74 valence electrons. The van der Waals surface area contributed by atoms with Crippen molar-refractivity contribution in [1.82, 2.24) is 0 Å². The molecule has 1 aromatic carbocycles. The summed E-state index contributed by atoms with van der Waals surface area (Å²) in [5.41, 5.74) is 0.678. The SMILES string of the molecule is O=C(O)/C=C/Nc1ccc(Cl)c(Cl)c1. The number of aliphatic carboxylic acids is 1. The Morgan fingerprint density at radius 3 is 2.64 bits per heavy atom. The summed E-state index contributed by atoms with van der Waals surface area (Å²) < 4.78 is 0. The van der Waals surface area contributed by atoms with Crippen molar-refractivity contribution in [1.29, 1.82) is 0 Å². The van der Waals surface area contributed by atoms with Gasteiger partial charge in [0.15, 0.2) is 0 Å². The van der Waals surface area contributed by atoms with Crippen molar-refractivity contribution < 1.29 is 9.90 Å². The highest BCUT2D eigenvalue weighted by Crippen LogP contribution is 2.24. The molecule has 14 heavy (non-hydrogen) atoms. The number of hydrogen-bond donors (Lipinski definition) is 2. The standard InChI is InChI=1S/C9H7Cl2NO2/c10-7-2-1-6(5-8(7)11)12-4-3-9(13)14/h1-5,12H,(H,13,14)/b4-3+. The van der Waals surface area contributed by atoms with E-state index >= 15 is 0 Å². The minimum Gasteiger partial charge on any atom is -0.478 e. The summed E-state index contributed by atoms with van der Waals surface area (Å²) in [6.45, 7) is 0. The van der Waals surface area contributed by atoms with E-state index in [1.54, 1.807) is 18.2 Å². The molecule has 0 saturated heterocycles. The van der Waals surface area contributed by atoms with Crippen LogP contribution in [0.2, 0.25) is 10.0 Å². The van der Waals surface area contributed by atoms with Gasteiger partial charge in [-0.05, 0) is 18.2 Å². The van der Waals surface area contributed by atoms with E-state index in [-0.39, 0.29) is 0 Å². The van der Waals surface area contributed by atoms with Gasteiger partial charge in [0.05, 0.1) is 10.0 Å². The van der Waals surface area contributed by atoms with Gasteiger partial charge in [-0.15, -0.1) is 0 Å². The van der Waals surface area contributed by atoms with Crippen molar-refractivity contribution >= 4 is 34.9 Å². The van der Waals surface area contributed by atoms with Crippen LogP contribution in [0, 0.1) is 0 Å². The molecule has 2 N–H and O–H groups in total. The van der Waals surface area contributed by atoms with E-state index in [4.69, 9.17) is 28.3 Å². The highest BCUT2D eigenvalue weighted by atomic mass is 35.5. The quantitative estimate of drug-likeness (QED) is 0.787. The number of rotatable bonds is 3. The fourth-order valence-corrected chi connectivity index (χ4v) is 1.09.